The molecule has 2 aromatic rings. The quantitative estimate of drug-likeness (QED) is 0.667. The van der Waals surface area contributed by atoms with Crippen LogP contribution in [0.5, 0.6) is 11.5 Å². The van der Waals surface area contributed by atoms with Crippen LogP contribution in [0, 0.1) is 0 Å². The first kappa shape index (κ1) is 20.9. The SMILES string of the molecule is COc1ccc(CC[NH+](C)CC(=O)N2CCN(c3ncccn3)CC2)cc1OC. The zero-order valence-electron chi connectivity index (χ0n) is 17.4. The highest BCUT2D eigenvalue weighted by Crippen LogP contribution is 2.27. The largest absolute Gasteiger partial charge is 0.493 e. The highest BCUT2D eigenvalue weighted by Gasteiger charge is 2.24. The van der Waals surface area contributed by atoms with E-state index >= 15 is 0 Å². The van der Waals surface area contributed by atoms with Crippen molar-refractivity contribution in [1.29, 1.82) is 0 Å². The lowest BCUT2D eigenvalue weighted by atomic mass is 10.1. The number of amides is 1. The van der Waals surface area contributed by atoms with Gasteiger partial charge in [0, 0.05) is 45.0 Å². The van der Waals surface area contributed by atoms with Crippen molar-refractivity contribution in [2.24, 2.45) is 0 Å². The summed E-state index contributed by atoms with van der Waals surface area (Å²) in [6, 6.07) is 7.77. The Kier molecular flexibility index (Phi) is 7.24. The second kappa shape index (κ2) is 10.1. The maximum absolute atomic E-state index is 12.7. The van der Waals surface area contributed by atoms with Gasteiger partial charge in [0.2, 0.25) is 5.95 Å². The molecule has 0 spiro atoms. The first-order valence-electron chi connectivity index (χ1n) is 9.92. The lowest BCUT2D eigenvalue weighted by Gasteiger charge is -2.34. The van der Waals surface area contributed by atoms with Crippen LogP contribution in [0.15, 0.2) is 36.7 Å². The van der Waals surface area contributed by atoms with Gasteiger partial charge in [-0.25, -0.2) is 9.97 Å². The fourth-order valence-corrected chi connectivity index (χ4v) is 3.46. The summed E-state index contributed by atoms with van der Waals surface area (Å²) < 4.78 is 10.6. The Balaban J connectivity index is 1.44. The highest BCUT2D eigenvalue weighted by molar-refractivity contribution is 5.77. The van der Waals surface area contributed by atoms with Gasteiger partial charge in [0.25, 0.3) is 5.91 Å². The third-order valence-corrected chi connectivity index (χ3v) is 5.21. The number of aromatic nitrogens is 2. The number of rotatable bonds is 8. The van der Waals surface area contributed by atoms with Gasteiger partial charge in [-0.1, -0.05) is 6.07 Å². The summed E-state index contributed by atoms with van der Waals surface area (Å²) in [7, 11) is 5.34. The van der Waals surface area contributed by atoms with Crippen molar-refractivity contribution in [3.8, 4) is 11.5 Å². The number of carbonyl (C=O) groups excluding carboxylic acids is 1. The topological polar surface area (TPSA) is 72.2 Å². The van der Waals surface area contributed by atoms with Crippen LogP contribution in [0.3, 0.4) is 0 Å². The number of likely N-dealkylation sites (N-methyl/N-ethyl adjacent to an activating group) is 1. The van der Waals surface area contributed by atoms with Gasteiger partial charge < -0.3 is 24.2 Å². The molecule has 0 bridgehead atoms. The minimum absolute atomic E-state index is 0.198. The molecule has 1 fully saturated rings. The van der Waals surface area contributed by atoms with Crippen LogP contribution in [0.1, 0.15) is 5.56 Å². The average Bonchev–Trinajstić information content (AvgIpc) is 2.78. The molecule has 1 aliphatic rings. The zero-order chi connectivity index (χ0) is 20.6. The van der Waals surface area contributed by atoms with Gasteiger partial charge in [0.05, 0.1) is 27.8 Å². The molecule has 8 nitrogen and oxygen atoms in total. The predicted molar refractivity (Wildman–Crippen MR) is 111 cm³/mol. The number of anilines is 1. The average molecular weight is 401 g/mol. The van der Waals surface area contributed by atoms with Crippen LogP contribution < -0.4 is 19.3 Å². The molecule has 1 aromatic heterocycles. The Morgan fingerprint density at radius 2 is 1.76 bits per heavy atom. The summed E-state index contributed by atoms with van der Waals surface area (Å²) in [5, 5.41) is 0. The summed E-state index contributed by atoms with van der Waals surface area (Å²) in [6.45, 7) is 4.31. The molecule has 1 aliphatic heterocycles. The van der Waals surface area contributed by atoms with Crippen molar-refractivity contribution in [1.82, 2.24) is 14.9 Å². The number of hydrogen-bond donors (Lipinski definition) is 1. The van der Waals surface area contributed by atoms with E-state index in [4.69, 9.17) is 9.47 Å². The molecule has 1 unspecified atom stereocenters. The number of nitrogens with zero attached hydrogens (tertiary/aromatic N) is 4. The van der Waals surface area contributed by atoms with Gasteiger partial charge in [0.1, 0.15) is 0 Å². The lowest BCUT2D eigenvalue weighted by Crippen LogP contribution is -3.10. The van der Waals surface area contributed by atoms with Crippen LogP contribution in [0.4, 0.5) is 5.95 Å². The van der Waals surface area contributed by atoms with Gasteiger partial charge in [-0.15, -0.1) is 0 Å². The number of quaternary nitrogens is 1. The summed E-state index contributed by atoms with van der Waals surface area (Å²) in [5.74, 6) is 2.40. The van der Waals surface area contributed by atoms with E-state index in [1.54, 1.807) is 26.6 Å². The molecular weight excluding hydrogens is 370 g/mol. The number of nitrogens with one attached hydrogen (secondary N) is 1. The van der Waals surface area contributed by atoms with Crippen molar-refractivity contribution in [2.45, 2.75) is 6.42 Å². The third-order valence-electron chi connectivity index (χ3n) is 5.21. The van der Waals surface area contributed by atoms with E-state index in [1.165, 1.54) is 10.5 Å². The molecular formula is C21H30N5O3+. The molecule has 1 aromatic carbocycles. The van der Waals surface area contributed by atoms with Crippen LogP contribution in [0.25, 0.3) is 0 Å². The molecule has 3 rings (SSSR count). The minimum Gasteiger partial charge on any atom is -0.493 e. The van der Waals surface area contributed by atoms with Crippen molar-refractivity contribution in [2.75, 3.05) is 65.4 Å². The summed E-state index contributed by atoms with van der Waals surface area (Å²) in [4.78, 5) is 26.5. The maximum atomic E-state index is 12.7. The van der Waals surface area contributed by atoms with E-state index in [9.17, 15) is 4.79 Å². The summed E-state index contributed by atoms with van der Waals surface area (Å²) in [5.41, 5.74) is 1.17. The summed E-state index contributed by atoms with van der Waals surface area (Å²) >= 11 is 0. The van der Waals surface area contributed by atoms with E-state index in [-0.39, 0.29) is 5.91 Å². The predicted octanol–water partition coefficient (Wildman–Crippen LogP) is -0.100. The lowest BCUT2D eigenvalue weighted by molar-refractivity contribution is -0.871. The molecule has 1 saturated heterocycles. The molecule has 2 heterocycles. The van der Waals surface area contributed by atoms with Crippen LogP contribution in [0.2, 0.25) is 0 Å². The number of carbonyl (C=O) groups is 1. The molecule has 0 aliphatic carbocycles. The van der Waals surface area contributed by atoms with E-state index in [0.717, 1.165) is 43.5 Å². The number of hydrogen-bond acceptors (Lipinski definition) is 6. The molecule has 0 saturated carbocycles. The molecule has 156 valence electrons. The Morgan fingerprint density at radius 1 is 1.07 bits per heavy atom. The zero-order valence-corrected chi connectivity index (χ0v) is 17.4. The number of methoxy groups -OCH3 is 2. The number of piperazine rings is 1. The van der Waals surface area contributed by atoms with E-state index in [2.05, 4.69) is 21.9 Å². The van der Waals surface area contributed by atoms with Gasteiger partial charge in [-0.05, 0) is 23.8 Å². The van der Waals surface area contributed by atoms with Gasteiger partial charge in [0.15, 0.2) is 18.0 Å². The van der Waals surface area contributed by atoms with Crippen molar-refractivity contribution in [3.63, 3.8) is 0 Å². The van der Waals surface area contributed by atoms with Gasteiger partial charge in [-0.3, -0.25) is 4.79 Å². The van der Waals surface area contributed by atoms with Crippen molar-refractivity contribution in [3.05, 3.63) is 42.2 Å². The van der Waals surface area contributed by atoms with E-state index in [1.807, 2.05) is 29.2 Å². The Labute approximate surface area is 172 Å². The Hall–Kier alpha value is -2.87. The fourth-order valence-electron chi connectivity index (χ4n) is 3.46. The standard InChI is InChI=1S/C21H29N5O3/c1-24(10-7-17-5-6-18(28-2)19(15-17)29-3)16-20(27)25-11-13-26(14-12-25)21-22-8-4-9-23-21/h4-6,8-9,15H,7,10-14,16H2,1-3H3/p+1. The van der Waals surface area contributed by atoms with Crippen LogP contribution in [-0.2, 0) is 11.2 Å². The van der Waals surface area contributed by atoms with E-state index < -0.39 is 0 Å². The number of ether oxygens (including phenoxy) is 2. The minimum atomic E-state index is 0.198. The van der Waals surface area contributed by atoms with E-state index in [0.29, 0.717) is 19.6 Å². The third kappa shape index (κ3) is 5.57. The fraction of sp³-hybridized carbons (Fsp3) is 0.476. The van der Waals surface area contributed by atoms with Crippen molar-refractivity contribution >= 4 is 11.9 Å². The smallest absolute Gasteiger partial charge is 0.277 e. The molecule has 1 N–H and O–H groups in total. The maximum Gasteiger partial charge on any atom is 0.277 e. The first-order valence-corrected chi connectivity index (χ1v) is 9.92. The molecule has 1 amide bonds. The summed E-state index contributed by atoms with van der Waals surface area (Å²) in [6.07, 6.45) is 4.37. The van der Waals surface area contributed by atoms with Gasteiger partial charge >= 0.3 is 0 Å². The molecule has 0 radical (unpaired) electrons. The molecule has 1 atom stereocenters. The normalized spacial score (nSPS) is 15.1. The van der Waals surface area contributed by atoms with Gasteiger partial charge in [-0.2, -0.15) is 0 Å². The van der Waals surface area contributed by atoms with Crippen molar-refractivity contribution < 1.29 is 19.2 Å². The molecule has 29 heavy (non-hydrogen) atoms. The highest BCUT2D eigenvalue weighted by atomic mass is 16.5. The van der Waals surface area contributed by atoms with Crippen LogP contribution >= 0.6 is 0 Å². The molecule has 8 heteroatoms. The second-order valence-electron chi connectivity index (χ2n) is 7.24. The second-order valence-corrected chi connectivity index (χ2v) is 7.24. The Bertz CT molecular complexity index is 794. The van der Waals surface area contributed by atoms with Crippen LogP contribution in [-0.4, -0.2) is 81.3 Å². The number of benzene rings is 1. The first-order chi connectivity index (χ1) is 14.1. The monoisotopic (exact) mass is 400 g/mol. The Morgan fingerprint density at radius 3 is 2.41 bits per heavy atom.